The zero-order valence-electron chi connectivity index (χ0n) is 22.2. The molecule has 35 heavy (non-hydrogen) atoms. The Morgan fingerprint density at radius 2 is 1.57 bits per heavy atom. The molecule has 3 aromatic carbocycles. The lowest BCUT2D eigenvalue weighted by molar-refractivity contribution is -0.659. The normalized spacial score (nSPS) is 18.5. The molecule has 0 amide bonds. The average Bonchev–Trinajstić information content (AvgIpc) is 3.05. The van der Waals surface area contributed by atoms with Crippen LogP contribution in [0, 0.1) is 6.92 Å². The molecule has 0 radical (unpaired) electrons. The van der Waals surface area contributed by atoms with Gasteiger partial charge >= 0.3 is 0 Å². The zero-order chi connectivity index (χ0) is 24.5. The first-order chi connectivity index (χ1) is 16.7. The van der Waals surface area contributed by atoms with Crippen molar-refractivity contribution in [2.75, 3.05) is 0 Å². The summed E-state index contributed by atoms with van der Waals surface area (Å²) in [7, 11) is 1.26. The van der Waals surface area contributed by atoms with E-state index in [-0.39, 0.29) is 5.41 Å². The predicted molar refractivity (Wildman–Crippen MR) is 152 cm³/mol. The van der Waals surface area contributed by atoms with E-state index in [4.69, 9.17) is 0 Å². The molecular weight excluding hydrogens is 438 g/mol. The molecule has 6 rings (SSSR count). The highest BCUT2D eigenvalue weighted by Crippen LogP contribution is 2.50. The summed E-state index contributed by atoms with van der Waals surface area (Å²) >= 11 is 0. The Balaban J connectivity index is 1.47. The lowest BCUT2D eigenvalue weighted by atomic mass is 9.81. The van der Waals surface area contributed by atoms with Gasteiger partial charge in [-0.25, -0.2) is 4.57 Å². The number of benzene rings is 3. The highest BCUT2D eigenvalue weighted by atomic mass is 28.3. The smallest absolute Gasteiger partial charge is 0.200 e. The van der Waals surface area contributed by atoms with E-state index in [1.165, 1.54) is 74.8 Å². The highest BCUT2D eigenvalue weighted by Gasteiger charge is 2.36. The lowest BCUT2D eigenvalue weighted by Gasteiger charge is -2.33. The molecule has 1 aliphatic heterocycles. The Bertz CT molecular complexity index is 1470. The van der Waals surface area contributed by atoms with Gasteiger partial charge in [0, 0.05) is 19.6 Å². The Labute approximate surface area is 211 Å². The average molecular weight is 477 g/mol. The number of fused-ring (bicyclic) bond motifs is 4. The van der Waals surface area contributed by atoms with Gasteiger partial charge in [0.2, 0.25) is 5.69 Å². The van der Waals surface area contributed by atoms with Gasteiger partial charge in [0.15, 0.2) is 6.20 Å². The topological polar surface area (TPSA) is 3.88 Å². The quantitative estimate of drug-likeness (QED) is 0.202. The van der Waals surface area contributed by atoms with E-state index in [9.17, 15) is 0 Å². The van der Waals surface area contributed by atoms with Crippen LogP contribution < -0.4 is 4.57 Å². The Morgan fingerprint density at radius 1 is 0.829 bits per heavy atom. The minimum absolute atomic E-state index is 0.0166. The van der Waals surface area contributed by atoms with Gasteiger partial charge in [-0.05, 0) is 76.6 Å². The molecule has 0 bridgehead atoms. The fourth-order valence-corrected chi connectivity index (χ4v) is 9.33. The van der Waals surface area contributed by atoms with Crippen LogP contribution in [0.4, 0.5) is 0 Å². The van der Waals surface area contributed by atoms with E-state index in [1.54, 1.807) is 5.56 Å². The molecule has 1 saturated heterocycles. The van der Waals surface area contributed by atoms with Crippen molar-refractivity contribution >= 4 is 18.8 Å². The van der Waals surface area contributed by atoms with Crippen molar-refractivity contribution in [1.29, 1.82) is 0 Å². The summed E-state index contributed by atoms with van der Waals surface area (Å²) in [4.78, 5) is 0. The maximum absolute atomic E-state index is 2.56. The summed E-state index contributed by atoms with van der Waals surface area (Å²) in [6, 6.07) is 26.4. The van der Waals surface area contributed by atoms with Crippen LogP contribution in [0.25, 0.3) is 33.2 Å². The third kappa shape index (κ3) is 3.60. The highest BCUT2D eigenvalue weighted by molar-refractivity contribution is 6.77. The maximum atomic E-state index is 2.56. The molecule has 0 N–H and O–H groups in total. The van der Waals surface area contributed by atoms with Crippen molar-refractivity contribution in [1.82, 2.24) is 0 Å². The zero-order valence-corrected chi connectivity index (χ0v) is 23.2. The lowest BCUT2D eigenvalue weighted by Crippen LogP contribution is -2.31. The molecule has 1 nitrogen and oxygen atoms in total. The van der Waals surface area contributed by atoms with Crippen LogP contribution in [0.2, 0.25) is 25.2 Å². The van der Waals surface area contributed by atoms with Crippen molar-refractivity contribution in [3.63, 3.8) is 0 Å². The predicted octanol–water partition coefficient (Wildman–Crippen LogP) is 8.53. The number of pyridine rings is 1. The van der Waals surface area contributed by atoms with Gasteiger partial charge in [-0.2, -0.15) is 0 Å². The molecular formula is C33H38NSi+. The fourth-order valence-electron chi connectivity index (χ4n) is 6.82. The van der Waals surface area contributed by atoms with Crippen LogP contribution in [0.15, 0.2) is 66.9 Å². The first kappa shape index (κ1) is 22.7. The van der Waals surface area contributed by atoms with E-state index in [1.807, 2.05) is 0 Å². The number of aromatic nitrogens is 1. The molecule has 0 unspecified atom stereocenters. The number of hydrogen-bond donors (Lipinski definition) is 0. The minimum Gasteiger partial charge on any atom is -0.200 e. The molecule has 1 fully saturated rings. The van der Waals surface area contributed by atoms with Crippen molar-refractivity contribution in [2.45, 2.75) is 70.1 Å². The van der Waals surface area contributed by atoms with Gasteiger partial charge < -0.3 is 0 Å². The van der Waals surface area contributed by atoms with Crippen LogP contribution >= 0.6 is 0 Å². The monoisotopic (exact) mass is 476 g/mol. The Hall–Kier alpha value is -2.71. The van der Waals surface area contributed by atoms with Gasteiger partial charge in [0.05, 0.1) is 10.9 Å². The second-order valence-corrected chi connectivity index (χ2v) is 17.8. The van der Waals surface area contributed by atoms with Crippen LogP contribution in [0.3, 0.4) is 0 Å². The van der Waals surface area contributed by atoms with Crippen LogP contribution in [0.1, 0.15) is 54.9 Å². The standard InChI is InChI=1S/C33H38NSi/c1-22-19-29-27-9-7-8-10-30(27)33(2,3)31(29)21-28(22)32-26-12-11-24(20-25(26)13-16-34(32)4)23-14-17-35(5,6)18-15-23/h7-13,16,19-21,23H,14-15,17-18H2,1-6H3/q+1. The van der Waals surface area contributed by atoms with Crippen molar-refractivity contribution < 1.29 is 4.57 Å². The largest absolute Gasteiger partial charge is 0.220 e. The number of nitrogens with zero attached hydrogens (tertiary/aromatic N) is 1. The number of hydrogen-bond acceptors (Lipinski definition) is 0. The van der Waals surface area contributed by atoms with Gasteiger partial charge in [-0.3, -0.25) is 0 Å². The van der Waals surface area contributed by atoms with Crippen LogP contribution in [-0.4, -0.2) is 8.07 Å². The summed E-state index contributed by atoms with van der Waals surface area (Å²) < 4.78 is 2.32. The second-order valence-electron chi connectivity index (χ2n) is 12.4. The van der Waals surface area contributed by atoms with Gasteiger partial charge in [0.1, 0.15) is 7.05 Å². The molecule has 2 heteroatoms. The van der Waals surface area contributed by atoms with E-state index >= 15 is 0 Å². The summed E-state index contributed by atoms with van der Waals surface area (Å²) in [5.41, 5.74) is 11.3. The van der Waals surface area contributed by atoms with Crippen molar-refractivity contribution in [3.8, 4) is 22.4 Å². The molecule has 0 spiro atoms. The SMILES string of the molecule is Cc1cc2c(cc1-c1c3ccc(C4CC[Si](C)(C)CC4)cc3cc[n+]1C)C(C)(C)c1ccccc1-2. The minimum atomic E-state index is -0.933. The van der Waals surface area contributed by atoms with Crippen molar-refractivity contribution in [3.05, 3.63) is 89.1 Å². The van der Waals surface area contributed by atoms with E-state index in [0.29, 0.717) is 0 Å². The van der Waals surface area contributed by atoms with E-state index in [2.05, 4.69) is 112 Å². The van der Waals surface area contributed by atoms with Gasteiger partial charge in [-0.15, -0.1) is 0 Å². The number of aryl methyl sites for hydroxylation is 2. The molecule has 1 aliphatic carbocycles. The van der Waals surface area contributed by atoms with E-state index < -0.39 is 8.07 Å². The first-order valence-corrected chi connectivity index (χ1v) is 16.7. The summed E-state index contributed by atoms with van der Waals surface area (Å²) in [5.74, 6) is 0.735. The first-order valence-electron chi connectivity index (χ1n) is 13.3. The third-order valence-electron chi connectivity index (χ3n) is 9.16. The molecule has 178 valence electrons. The second kappa shape index (κ2) is 7.90. The fraction of sp³-hybridized carbons (Fsp3) is 0.364. The molecule has 2 aliphatic rings. The van der Waals surface area contributed by atoms with Gasteiger partial charge in [0.25, 0.3) is 0 Å². The van der Waals surface area contributed by atoms with Crippen LogP contribution in [0.5, 0.6) is 0 Å². The summed E-state index contributed by atoms with van der Waals surface area (Å²) in [6.45, 7) is 12.2. The summed E-state index contributed by atoms with van der Waals surface area (Å²) in [6.07, 6.45) is 5.00. The maximum Gasteiger partial charge on any atom is 0.220 e. The van der Waals surface area contributed by atoms with Crippen LogP contribution in [-0.2, 0) is 12.5 Å². The Kier molecular flexibility index (Phi) is 5.13. The van der Waals surface area contributed by atoms with Gasteiger partial charge in [-0.1, -0.05) is 81.5 Å². The molecule has 4 aromatic rings. The third-order valence-corrected chi connectivity index (χ3v) is 12.4. The van der Waals surface area contributed by atoms with E-state index in [0.717, 1.165) is 5.92 Å². The molecule has 0 saturated carbocycles. The molecule has 2 heterocycles. The molecule has 1 aromatic heterocycles. The number of rotatable bonds is 2. The Morgan fingerprint density at radius 3 is 2.34 bits per heavy atom. The summed E-state index contributed by atoms with van der Waals surface area (Å²) in [5, 5.41) is 2.74. The van der Waals surface area contributed by atoms with Crippen molar-refractivity contribution in [2.24, 2.45) is 7.05 Å². The molecule has 0 atom stereocenters.